The first-order valence-electron chi connectivity index (χ1n) is 3.55. The van der Waals surface area contributed by atoms with Crippen molar-refractivity contribution >= 4 is 11.9 Å². The van der Waals surface area contributed by atoms with Gasteiger partial charge in [-0.25, -0.2) is 10.6 Å². The topological polar surface area (TPSA) is 110 Å². The summed E-state index contributed by atoms with van der Waals surface area (Å²) in [6, 6.07) is -1.30. The summed E-state index contributed by atoms with van der Waals surface area (Å²) in [5.41, 5.74) is 6.87. The zero-order valence-corrected chi connectivity index (χ0v) is 7.13. The minimum absolute atomic E-state index is 0.0557. The fraction of sp³-hybridized carbons (Fsp3) is 0.667. The Balaban J connectivity index is 4.14. The van der Waals surface area contributed by atoms with Crippen LogP contribution in [0.15, 0.2) is 0 Å². The van der Waals surface area contributed by atoms with Gasteiger partial charge >= 0.3 is 6.03 Å². The second-order valence-electron chi connectivity index (χ2n) is 2.74. The predicted molar refractivity (Wildman–Crippen MR) is 43.7 cm³/mol. The third kappa shape index (κ3) is 3.20. The molecular formula is C6H14N4O2. The standard InChI is InChI=1S/C6H14N4O2/c1-3(2)4(5(7)11)9-6(12)10-8/h3-4H,8H2,1-2H3,(H2,7,11)(H2,9,10,12). The Labute approximate surface area is 70.6 Å². The summed E-state index contributed by atoms with van der Waals surface area (Å²) in [6.07, 6.45) is 0. The van der Waals surface area contributed by atoms with Crippen molar-refractivity contribution in [3.05, 3.63) is 0 Å². The fourth-order valence-electron chi connectivity index (χ4n) is 0.749. The number of nitrogens with one attached hydrogen (secondary N) is 2. The molecule has 6 nitrogen and oxygen atoms in total. The summed E-state index contributed by atoms with van der Waals surface area (Å²) >= 11 is 0. The van der Waals surface area contributed by atoms with Crippen molar-refractivity contribution in [2.45, 2.75) is 19.9 Å². The summed E-state index contributed by atoms with van der Waals surface area (Å²) < 4.78 is 0. The molecule has 0 aliphatic rings. The lowest BCUT2D eigenvalue weighted by Crippen LogP contribution is -2.52. The van der Waals surface area contributed by atoms with Gasteiger partial charge in [-0.15, -0.1) is 0 Å². The molecule has 0 aliphatic heterocycles. The average molecular weight is 174 g/mol. The molecule has 0 spiro atoms. The molecule has 0 aromatic heterocycles. The lowest BCUT2D eigenvalue weighted by Gasteiger charge is -2.17. The highest BCUT2D eigenvalue weighted by Gasteiger charge is 2.20. The van der Waals surface area contributed by atoms with E-state index in [9.17, 15) is 9.59 Å². The molecule has 70 valence electrons. The van der Waals surface area contributed by atoms with Crippen molar-refractivity contribution < 1.29 is 9.59 Å². The van der Waals surface area contributed by atoms with Gasteiger partial charge in [0.2, 0.25) is 5.91 Å². The first kappa shape index (κ1) is 10.7. The van der Waals surface area contributed by atoms with E-state index >= 15 is 0 Å². The highest BCUT2D eigenvalue weighted by molar-refractivity contribution is 5.85. The summed E-state index contributed by atoms with van der Waals surface area (Å²) in [7, 11) is 0. The van der Waals surface area contributed by atoms with Gasteiger partial charge in [0.15, 0.2) is 0 Å². The van der Waals surface area contributed by atoms with E-state index in [1.54, 1.807) is 13.8 Å². The maximum atomic E-state index is 10.7. The number of nitrogens with two attached hydrogens (primary N) is 2. The molecule has 0 bridgehead atoms. The highest BCUT2D eigenvalue weighted by Crippen LogP contribution is 1.99. The molecule has 3 amide bonds. The van der Waals surface area contributed by atoms with E-state index in [0.717, 1.165) is 0 Å². The minimum atomic E-state index is -0.687. The first-order chi connectivity index (χ1) is 5.49. The summed E-state index contributed by atoms with van der Waals surface area (Å²) in [5, 5.41) is 2.32. The Morgan fingerprint density at radius 1 is 1.33 bits per heavy atom. The van der Waals surface area contributed by atoms with Gasteiger partial charge in [-0.2, -0.15) is 0 Å². The largest absolute Gasteiger partial charge is 0.368 e. The summed E-state index contributed by atoms with van der Waals surface area (Å²) in [4.78, 5) is 21.4. The summed E-state index contributed by atoms with van der Waals surface area (Å²) in [6.45, 7) is 3.54. The monoisotopic (exact) mass is 174 g/mol. The molecule has 0 rings (SSSR count). The lowest BCUT2D eigenvalue weighted by atomic mass is 10.0. The molecule has 0 fully saturated rings. The van der Waals surface area contributed by atoms with Crippen LogP contribution < -0.4 is 22.3 Å². The normalized spacial score (nSPS) is 12.3. The Bertz CT molecular complexity index is 180. The highest BCUT2D eigenvalue weighted by atomic mass is 16.2. The molecule has 12 heavy (non-hydrogen) atoms. The van der Waals surface area contributed by atoms with Crippen LogP contribution in [-0.2, 0) is 4.79 Å². The quantitative estimate of drug-likeness (QED) is 0.241. The van der Waals surface area contributed by atoms with E-state index in [1.165, 1.54) is 0 Å². The zero-order chi connectivity index (χ0) is 9.72. The number of hydrogen-bond donors (Lipinski definition) is 4. The van der Waals surface area contributed by atoms with E-state index in [-0.39, 0.29) is 5.92 Å². The van der Waals surface area contributed by atoms with Crippen LogP contribution in [0.1, 0.15) is 13.8 Å². The molecule has 0 aromatic carbocycles. The van der Waals surface area contributed by atoms with Crippen LogP contribution in [0.4, 0.5) is 4.79 Å². The third-order valence-corrected chi connectivity index (χ3v) is 1.39. The Kier molecular flexibility index (Phi) is 4.06. The SMILES string of the molecule is CC(C)C(NC(=O)NN)C(N)=O. The Hall–Kier alpha value is -1.30. The number of amides is 3. The number of hydrogen-bond acceptors (Lipinski definition) is 3. The maximum absolute atomic E-state index is 10.7. The van der Waals surface area contributed by atoms with Crippen LogP contribution in [0.2, 0.25) is 0 Å². The average Bonchev–Trinajstić information content (AvgIpc) is 1.98. The van der Waals surface area contributed by atoms with Gasteiger partial charge in [-0.1, -0.05) is 13.8 Å². The van der Waals surface area contributed by atoms with Gasteiger partial charge in [0.25, 0.3) is 0 Å². The van der Waals surface area contributed by atoms with Crippen LogP contribution in [0.25, 0.3) is 0 Å². The number of carbonyl (C=O) groups excluding carboxylic acids is 2. The van der Waals surface area contributed by atoms with E-state index in [1.807, 2.05) is 5.43 Å². The van der Waals surface area contributed by atoms with Crippen LogP contribution >= 0.6 is 0 Å². The predicted octanol–water partition coefficient (Wildman–Crippen LogP) is -1.33. The van der Waals surface area contributed by atoms with Crippen molar-refractivity contribution in [3.63, 3.8) is 0 Å². The number of primary amides is 1. The fourth-order valence-corrected chi connectivity index (χ4v) is 0.749. The number of urea groups is 1. The second-order valence-corrected chi connectivity index (χ2v) is 2.74. The van der Waals surface area contributed by atoms with Crippen LogP contribution in [-0.4, -0.2) is 18.0 Å². The van der Waals surface area contributed by atoms with Crippen molar-refractivity contribution in [3.8, 4) is 0 Å². The molecule has 1 atom stereocenters. The Morgan fingerprint density at radius 2 is 1.83 bits per heavy atom. The van der Waals surface area contributed by atoms with Gasteiger partial charge in [-0.05, 0) is 5.92 Å². The number of rotatable bonds is 3. The molecule has 0 saturated heterocycles. The molecule has 6 heteroatoms. The Morgan fingerprint density at radius 3 is 2.08 bits per heavy atom. The molecule has 0 radical (unpaired) electrons. The molecule has 0 aliphatic carbocycles. The van der Waals surface area contributed by atoms with Crippen molar-refractivity contribution in [1.29, 1.82) is 0 Å². The van der Waals surface area contributed by atoms with Crippen LogP contribution in [0, 0.1) is 5.92 Å². The smallest absolute Gasteiger partial charge is 0.329 e. The zero-order valence-electron chi connectivity index (χ0n) is 7.13. The molecule has 6 N–H and O–H groups in total. The first-order valence-corrected chi connectivity index (χ1v) is 3.55. The minimum Gasteiger partial charge on any atom is -0.368 e. The van der Waals surface area contributed by atoms with Crippen molar-refractivity contribution in [1.82, 2.24) is 10.7 Å². The van der Waals surface area contributed by atoms with Gasteiger partial charge in [0.05, 0.1) is 0 Å². The molecule has 0 saturated carbocycles. The molecule has 1 unspecified atom stereocenters. The van der Waals surface area contributed by atoms with E-state index < -0.39 is 18.0 Å². The number of hydrazine groups is 1. The van der Waals surface area contributed by atoms with E-state index in [2.05, 4.69) is 5.32 Å². The summed E-state index contributed by atoms with van der Waals surface area (Å²) in [5.74, 6) is 4.18. The van der Waals surface area contributed by atoms with Crippen LogP contribution in [0.5, 0.6) is 0 Å². The van der Waals surface area contributed by atoms with Gasteiger partial charge < -0.3 is 11.1 Å². The molecule has 0 heterocycles. The van der Waals surface area contributed by atoms with Crippen LogP contribution in [0.3, 0.4) is 0 Å². The van der Waals surface area contributed by atoms with Gasteiger partial charge in [-0.3, -0.25) is 10.2 Å². The third-order valence-electron chi connectivity index (χ3n) is 1.39. The van der Waals surface area contributed by atoms with E-state index in [4.69, 9.17) is 11.6 Å². The van der Waals surface area contributed by atoms with Crippen molar-refractivity contribution in [2.75, 3.05) is 0 Å². The number of carbonyl (C=O) groups is 2. The molecule has 0 aromatic rings. The lowest BCUT2D eigenvalue weighted by molar-refractivity contribution is -0.120. The maximum Gasteiger partial charge on any atom is 0.329 e. The molecular weight excluding hydrogens is 160 g/mol. The van der Waals surface area contributed by atoms with E-state index in [0.29, 0.717) is 0 Å². The second kappa shape index (κ2) is 4.55. The van der Waals surface area contributed by atoms with Gasteiger partial charge in [0.1, 0.15) is 6.04 Å². The van der Waals surface area contributed by atoms with Gasteiger partial charge in [0, 0.05) is 0 Å². The van der Waals surface area contributed by atoms with Crippen molar-refractivity contribution in [2.24, 2.45) is 17.5 Å².